The van der Waals surface area contributed by atoms with Gasteiger partial charge in [0.2, 0.25) is 5.88 Å². The van der Waals surface area contributed by atoms with Gasteiger partial charge in [-0.05, 0) is 0 Å². The van der Waals surface area contributed by atoms with Crippen LogP contribution in [-0.2, 0) is 12.7 Å². The number of aromatic nitrogens is 2. The van der Waals surface area contributed by atoms with Crippen molar-refractivity contribution in [3.8, 4) is 5.88 Å². The molecule has 0 aliphatic rings. The van der Waals surface area contributed by atoms with Gasteiger partial charge in [0.25, 0.3) is 0 Å². The molecular weight excluding hydrogens is 189 g/mol. The lowest BCUT2D eigenvalue weighted by Gasteiger charge is -2.00. The van der Waals surface area contributed by atoms with Gasteiger partial charge in [0.15, 0.2) is 5.69 Å². The summed E-state index contributed by atoms with van der Waals surface area (Å²) in [6, 6.07) is 0.510. The summed E-state index contributed by atoms with van der Waals surface area (Å²) in [6.45, 7) is -0.547. The summed E-state index contributed by atoms with van der Waals surface area (Å²) in [5.41, 5.74) is -1.17. The molecule has 0 unspecified atom stereocenters. The molecule has 0 fully saturated rings. The highest BCUT2D eigenvalue weighted by Gasteiger charge is 2.34. The smallest absolute Gasteiger partial charge is 0.435 e. The Balaban J connectivity index is 2.95. The number of nitrogens with zero attached hydrogens (tertiary/aromatic N) is 2. The van der Waals surface area contributed by atoms with Crippen molar-refractivity contribution >= 4 is 0 Å². The Morgan fingerprint density at radius 2 is 2.08 bits per heavy atom. The number of aliphatic hydroxyl groups is 1. The molecule has 13 heavy (non-hydrogen) atoms. The number of aliphatic hydroxyl groups excluding tert-OH is 1. The molecule has 0 saturated carbocycles. The van der Waals surface area contributed by atoms with E-state index in [-0.39, 0.29) is 13.2 Å². The highest BCUT2D eigenvalue weighted by Crippen LogP contribution is 2.30. The fourth-order valence-electron chi connectivity index (χ4n) is 0.805. The van der Waals surface area contributed by atoms with Gasteiger partial charge in [0, 0.05) is 6.07 Å². The molecule has 4 nitrogen and oxygen atoms in total. The van der Waals surface area contributed by atoms with Crippen molar-refractivity contribution in [1.29, 1.82) is 0 Å². The summed E-state index contributed by atoms with van der Waals surface area (Å²) in [6.07, 6.45) is -4.57. The summed E-state index contributed by atoms with van der Waals surface area (Å²) in [7, 11) is 0. The minimum atomic E-state index is -4.57. The molecule has 1 aromatic heterocycles. The van der Waals surface area contributed by atoms with Gasteiger partial charge in [-0.2, -0.15) is 18.3 Å². The first kappa shape index (κ1) is 9.85. The van der Waals surface area contributed by atoms with Crippen molar-refractivity contribution in [2.75, 3.05) is 6.61 Å². The highest BCUT2D eigenvalue weighted by molar-refractivity contribution is 5.16. The van der Waals surface area contributed by atoms with Gasteiger partial charge in [-0.25, -0.2) is 4.68 Å². The number of rotatable bonds is 2. The van der Waals surface area contributed by atoms with Crippen LogP contribution in [0.2, 0.25) is 0 Å². The van der Waals surface area contributed by atoms with Crippen LogP contribution in [0.5, 0.6) is 5.88 Å². The summed E-state index contributed by atoms with van der Waals surface area (Å²) < 4.78 is 36.6. The van der Waals surface area contributed by atoms with Crippen molar-refractivity contribution in [1.82, 2.24) is 9.78 Å². The predicted octanol–water partition coefficient (Wildman–Crippen LogP) is 0.600. The molecule has 0 aliphatic heterocycles. The molecule has 1 aromatic rings. The first-order valence-electron chi connectivity index (χ1n) is 3.40. The number of hydrogen-bond acceptors (Lipinski definition) is 3. The zero-order valence-corrected chi connectivity index (χ0v) is 6.41. The summed E-state index contributed by atoms with van der Waals surface area (Å²) in [5.74, 6) is -0.610. The van der Waals surface area contributed by atoms with E-state index in [1.54, 1.807) is 0 Å². The topological polar surface area (TPSA) is 58.3 Å². The summed E-state index contributed by atoms with van der Waals surface area (Å²) >= 11 is 0. The lowest BCUT2D eigenvalue weighted by Crippen LogP contribution is -2.09. The Labute approximate surface area is 71.2 Å². The van der Waals surface area contributed by atoms with E-state index in [2.05, 4.69) is 5.10 Å². The second-order valence-corrected chi connectivity index (χ2v) is 2.33. The van der Waals surface area contributed by atoms with Crippen LogP contribution < -0.4 is 0 Å². The Bertz CT molecular complexity index is 295. The van der Waals surface area contributed by atoms with Crippen molar-refractivity contribution in [2.24, 2.45) is 0 Å². The fraction of sp³-hybridized carbons (Fsp3) is 0.500. The standard InChI is InChI=1S/C6H7F3N2O2/c7-6(8,9)4-3-5(13)11(10-4)1-2-12/h3,12-13H,1-2H2. The van der Waals surface area contributed by atoms with Crippen molar-refractivity contribution in [3.63, 3.8) is 0 Å². The molecule has 2 N–H and O–H groups in total. The average molecular weight is 196 g/mol. The Morgan fingerprint density at radius 3 is 2.46 bits per heavy atom. The van der Waals surface area contributed by atoms with Crippen molar-refractivity contribution in [2.45, 2.75) is 12.7 Å². The van der Waals surface area contributed by atoms with Crippen LogP contribution in [0, 0.1) is 0 Å². The minimum Gasteiger partial charge on any atom is -0.493 e. The van der Waals surface area contributed by atoms with E-state index in [1.165, 1.54) is 0 Å². The van der Waals surface area contributed by atoms with E-state index in [9.17, 15) is 13.2 Å². The van der Waals surface area contributed by atoms with Gasteiger partial charge in [-0.3, -0.25) is 0 Å². The van der Waals surface area contributed by atoms with E-state index < -0.39 is 17.8 Å². The first-order chi connectivity index (χ1) is 5.95. The van der Waals surface area contributed by atoms with Crippen LogP contribution in [0.4, 0.5) is 13.2 Å². The number of halogens is 3. The van der Waals surface area contributed by atoms with Crippen molar-refractivity contribution < 1.29 is 23.4 Å². The molecule has 0 amide bonds. The molecular formula is C6H7F3N2O2. The molecule has 0 saturated heterocycles. The van der Waals surface area contributed by atoms with Gasteiger partial charge >= 0.3 is 6.18 Å². The molecule has 0 spiro atoms. The third kappa shape index (κ3) is 2.11. The van der Waals surface area contributed by atoms with Gasteiger partial charge < -0.3 is 10.2 Å². The molecule has 0 aromatic carbocycles. The molecule has 0 bridgehead atoms. The first-order valence-corrected chi connectivity index (χ1v) is 3.40. The maximum Gasteiger partial charge on any atom is 0.435 e. The monoisotopic (exact) mass is 196 g/mol. The third-order valence-electron chi connectivity index (χ3n) is 1.36. The number of alkyl halides is 3. The summed E-state index contributed by atoms with van der Waals surface area (Å²) in [5, 5.41) is 20.4. The van der Waals surface area contributed by atoms with E-state index in [0.717, 1.165) is 0 Å². The summed E-state index contributed by atoms with van der Waals surface area (Å²) in [4.78, 5) is 0. The molecule has 0 aliphatic carbocycles. The van der Waals surface area contributed by atoms with Crippen molar-refractivity contribution in [3.05, 3.63) is 11.8 Å². The average Bonchev–Trinajstić information content (AvgIpc) is 2.32. The van der Waals surface area contributed by atoms with Crippen LogP contribution in [0.15, 0.2) is 6.07 Å². The Kier molecular flexibility index (Phi) is 2.46. The van der Waals surface area contributed by atoms with E-state index in [1.807, 2.05) is 0 Å². The quantitative estimate of drug-likeness (QED) is 0.728. The van der Waals surface area contributed by atoms with Crippen LogP contribution in [-0.4, -0.2) is 26.6 Å². The predicted molar refractivity (Wildman–Crippen MR) is 36.0 cm³/mol. The Hall–Kier alpha value is -1.24. The minimum absolute atomic E-state index is 0.165. The lowest BCUT2D eigenvalue weighted by molar-refractivity contribution is -0.141. The van der Waals surface area contributed by atoms with E-state index in [4.69, 9.17) is 10.2 Å². The zero-order valence-electron chi connectivity index (χ0n) is 6.41. The van der Waals surface area contributed by atoms with Crippen LogP contribution in [0.3, 0.4) is 0 Å². The SMILES string of the molecule is OCCn1nc(C(F)(F)F)cc1O. The van der Waals surface area contributed by atoms with Crippen LogP contribution in [0.25, 0.3) is 0 Å². The van der Waals surface area contributed by atoms with Crippen LogP contribution >= 0.6 is 0 Å². The van der Waals surface area contributed by atoms with Gasteiger partial charge in [-0.15, -0.1) is 0 Å². The van der Waals surface area contributed by atoms with Gasteiger partial charge in [-0.1, -0.05) is 0 Å². The zero-order chi connectivity index (χ0) is 10.1. The second kappa shape index (κ2) is 3.25. The largest absolute Gasteiger partial charge is 0.493 e. The molecule has 1 heterocycles. The van der Waals surface area contributed by atoms with E-state index >= 15 is 0 Å². The maximum atomic E-state index is 12.0. The highest BCUT2D eigenvalue weighted by atomic mass is 19.4. The molecule has 7 heteroatoms. The van der Waals surface area contributed by atoms with E-state index in [0.29, 0.717) is 10.7 Å². The van der Waals surface area contributed by atoms with Gasteiger partial charge in [0.1, 0.15) is 0 Å². The molecule has 0 atom stereocenters. The molecule has 0 radical (unpaired) electrons. The van der Waals surface area contributed by atoms with Crippen LogP contribution in [0.1, 0.15) is 5.69 Å². The molecule has 74 valence electrons. The second-order valence-electron chi connectivity index (χ2n) is 2.33. The Morgan fingerprint density at radius 1 is 1.46 bits per heavy atom. The van der Waals surface area contributed by atoms with Gasteiger partial charge in [0.05, 0.1) is 13.2 Å². The number of hydrogen-bond donors (Lipinski definition) is 2. The third-order valence-corrected chi connectivity index (χ3v) is 1.36. The molecule has 1 rings (SSSR count). The maximum absolute atomic E-state index is 12.0. The normalized spacial score (nSPS) is 12.0. The number of aromatic hydroxyl groups is 1. The lowest BCUT2D eigenvalue weighted by atomic mass is 10.4. The fourth-order valence-corrected chi connectivity index (χ4v) is 0.805.